The van der Waals surface area contributed by atoms with E-state index in [0.29, 0.717) is 0 Å². The normalized spacial score (nSPS) is 18.4. The number of benzene rings is 5. The molecule has 1 unspecified atom stereocenters. The second kappa shape index (κ2) is 9.00. The van der Waals surface area contributed by atoms with Gasteiger partial charge in [0, 0.05) is 39.1 Å². The molecular weight excluding hydrogens is 695 g/mol. The number of aromatic nitrogens is 4. The molecule has 9 heterocycles. The first-order valence-electron chi connectivity index (χ1n) is 20.6. The van der Waals surface area contributed by atoms with Gasteiger partial charge in [-0.15, -0.1) is 0 Å². The second-order valence-corrected chi connectivity index (χ2v) is 19.9. The summed E-state index contributed by atoms with van der Waals surface area (Å²) in [6, 6.07) is 45.0. The summed E-state index contributed by atoms with van der Waals surface area (Å²) in [5.41, 5.74) is 18.7. The third kappa shape index (κ3) is 3.09. The van der Waals surface area contributed by atoms with Gasteiger partial charge in [-0.05, 0) is 93.7 Å². The van der Waals surface area contributed by atoms with Crippen molar-refractivity contribution in [3.63, 3.8) is 0 Å². The number of hydrogen-bond donors (Lipinski definition) is 0. The van der Waals surface area contributed by atoms with Gasteiger partial charge in [0.2, 0.25) is 0 Å². The largest absolute Gasteiger partial charge is 0.319 e. The van der Waals surface area contributed by atoms with Crippen molar-refractivity contribution in [2.24, 2.45) is 0 Å². The van der Waals surface area contributed by atoms with Gasteiger partial charge in [0.05, 0.1) is 17.1 Å². The van der Waals surface area contributed by atoms with Gasteiger partial charge in [-0.1, -0.05) is 97.9 Å². The molecule has 5 aliphatic heterocycles. The minimum atomic E-state index is -0.686. The Morgan fingerprint density at radius 1 is 0.491 bits per heavy atom. The molecule has 0 bridgehead atoms. The van der Waals surface area contributed by atoms with Crippen LogP contribution in [0.3, 0.4) is 0 Å². The lowest BCUT2D eigenvalue weighted by molar-refractivity contribution is -0.934. The van der Waals surface area contributed by atoms with E-state index in [2.05, 4.69) is 194 Å². The van der Waals surface area contributed by atoms with Gasteiger partial charge >= 0.3 is 5.66 Å². The molecule has 5 aliphatic rings. The topological polar surface area (TPSA) is 20.9 Å². The average Bonchev–Trinajstić information content (AvgIpc) is 3.81. The molecule has 0 amide bonds. The molecule has 0 aliphatic carbocycles. The molecule has 4 aromatic heterocycles. The van der Waals surface area contributed by atoms with Crippen LogP contribution in [0, 0.1) is 0 Å². The predicted molar refractivity (Wildman–Crippen MR) is 230 cm³/mol. The summed E-state index contributed by atoms with van der Waals surface area (Å²) < 4.78 is 10.8. The minimum Gasteiger partial charge on any atom is -0.308 e. The third-order valence-electron chi connectivity index (χ3n) is 14.6. The molecule has 57 heavy (non-hydrogen) atoms. The van der Waals surface area contributed by atoms with Crippen molar-refractivity contribution in [1.29, 1.82) is 0 Å². The first-order valence-corrected chi connectivity index (χ1v) is 20.6. The molecule has 5 nitrogen and oxygen atoms in total. The van der Waals surface area contributed by atoms with E-state index < -0.39 is 5.66 Å². The van der Waals surface area contributed by atoms with Crippen LogP contribution in [0.4, 0.5) is 17.1 Å². The van der Waals surface area contributed by atoms with Crippen molar-refractivity contribution >= 4 is 60.7 Å². The van der Waals surface area contributed by atoms with Crippen LogP contribution in [0.1, 0.15) is 88.8 Å². The Morgan fingerprint density at radius 3 is 1.65 bits per heavy atom. The highest BCUT2D eigenvalue weighted by molar-refractivity contribution is 6.17. The van der Waals surface area contributed by atoms with Crippen molar-refractivity contribution < 1.29 is 9.13 Å². The van der Waals surface area contributed by atoms with E-state index in [1.54, 1.807) is 0 Å². The summed E-state index contributed by atoms with van der Waals surface area (Å²) >= 11 is 0. The molecule has 0 N–H and O–H groups in total. The summed E-state index contributed by atoms with van der Waals surface area (Å²) in [4.78, 5) is 2.66. The predicted octanol–water partition coefficient (Wildman–Crippen LogP) is 11.4. The summed E-state index contributed by atoms with van der Waals surface area (Å²) in [6.45, 7) is 19.1. The van der Waals surface area contributed by atoms with Crippen molar-refractivity contribution in [3.8, 4) is 23.0 Å². The van der Waals surface area contributed by atoms with Gasteiger partial charge < -0.3 is 4.90 Å². The average molecular weight is 738 g/mol. The van der Waals surface area contributed by atoms with E-state index in [1.807, 2.05) is 0 Å². The lowest BCUT2D eigenvalue weighted by atomic mass is 9.68. The zero-order valence-corrected chi connectivity index (χ0v) is 33.7. The first-order chi connectivity index (χ1) is 27.3. The zero-order valence-electron chi connectivity index (χ0n) is 33.7. The Balaban J connectivity index is 1.35. The molecule has 0 fully saturated rings. The first kappa shape index (κ1) is 31.0. The van der Waals surface area contributed by atoms with E-state index in [-0.39, 0.29) is 16.2 Å². The van der Waals surface area contributed by atoms with E-state index in [0.717, 1.165) is 0 Å². The van der Waals surface area contributed by atoms with Crippen molar-refractivity contribution in [1.82, 2.24) is 9.13 Å². The fraction of sp³-hybridized carbons (Fsp3) is 0.231. The zero-order chi connectivity index (χ0) is 38.4. The molecule has 274 valence electrons. The van der Waals surface area contributed by atoms with Crippen LogP contribution in [0.2, 0.25) is 0 Å². The quantitative estimate of drug-likeness (QED) is 0.142. The lowest BCUT2D eigenvalue weighted by Crippen LogP contribution is -2.76. The van der Waals surface area contributed by atoms with Crippen molar-refractivity contribution in [2.45, 2.75) is 77.3 Å². The van der Waals surface area contributed by atoms with Crippen LogP contribution in [0.5, 0.6) is 0 Å². The third-order valence-corrected chi connectivity index (χ3v) is 14.6. The van der Waals surface area contributed by atoms with Crippen LogP contribution in [-0.4, -0.2) is 9.13 Å². The Labute approximate surface area is 331 Å². The van der Waals surface area contributed by atoms with Crippen LogP contribution >= 0.6 is 0 Å². The number of pyridine rings is 2. The number of anilines is 3. The van der Waals surface area contributed by atoms with Crippen LogP contribution < -0.4 is 14.0 Å². The molecule has 0 saturated carbocycles. The molecule has 9 aromatic rings. The summed E-state index contributed by atoms with van der Waals surface area (Å²) in [5, 5.41) is 5.24. The number of rotatable bonds is 0. The molecule has 0 saturated heterocycles. The second-order valence-electron chi connectivity index (χ2n) is 19.9. The van der Waals surface area contributed by atoms with Crippen molar-refractivity contribution in [2.75, 3.05) is 4.90 Å². The lowest BCUT2D eigenvalue weighted by Gasteiger charge is -2.49. The fourth-order valence-corrected chi connectivity index (χ4v) is 12.0. The molecule has 1 spiro atoms. The molecule has 14 rings (SSSR count). The van der Waals surface area contributed by atoms with E-state index >= 15 is 0 Å². The van der Waals surface area contributed by atoms with Gasteiger partial charge in [-0.2, -0.15) is 18.3 Å². The maximum absolute atomic E-state index is 2.78. The number of para-hydroxylation sites is 3. The van der Waals surface area contributed by atoms with E-state index in [9.17, 15) is 0 Å². The number of nitrogens with zero attached hydrogens (tertiary/aromatic N) is 5. The Kier molecular flexibility index (Phi) is 4.89. The minimum absolute atomic E-state index is 0.0702. The standard InChI is InChI=1S/C52H43N5/c1-49(2,3)28-23-40-41-24-29(50(4,5)6)26-43-55-37-19-13-10-16-31(37)33-27-35-48-45(47(33)55)52(57(41)43)44-39(53(48)38-20-14-11-17-34(38)51(35,7)8)22-21-32-30-15-9-12-18-36(30)54(46(32)44)42(25-28)56(40)52/h9-27H,1-8H3/q+2. The summed E-state index contributed by atoms with van der Waals surface area (Å²) in [7, 11) is 0. The maximum atomic E-state index is 2.78. The molecule has 0 radical (unpaired) electrons. The molecule has 5 heteroatoms. The monoisotopic (exact) mass is 737 g/mol. The van der Waals surface area contributed by atoms with Gasteiger partial charge in [0.25, 0.3) is 11.6 Å². The van der Waals surface area contributed by atoms with Gasteiger partial charge in [-0.25, -0.2) is 0 Å². The summed E-state index contributed by atoms with van der Waals surface area (Å²) in [6.07, 6.45) is 0. The molecule has 5 aromatic carbocycles. The van der Waals surface area contributed by atoms with Gasteiger partial charge in [-0.3, -0.25) is 0 Å². The smallest absolute Gasteiger partial charge is 0.308 e. The van der Waals surface area contributed by atoms with Gasteiger partial charge in [0.15, 0.2) is 22.4 Å². The number of fused-ring (bicyclic) bond motifs is 12. The van der Waals surface area contributed by atoms with Crippen LogP contribution in [0.15, 0.2) is 115 Å². The highest BCUT2D eigenvalue weighted by Gasteiger charge is 2.70. The number of hydrogen-bond acceptors (Lipinski definition) is 1. The Hall–Kier alpha value is -6.20. The van der Waals surface area contributed by atoms with E-state index in [4.69, 9.17) is 0 Å². The highest BCUT2D eigenvalue weighted by atomic mass is 15.4. The maximum Gasteiger partial charge on any atom is 0.319 e. The molecule has 1 atom stereocenters. The Bertz CT molecular complexity index is 3450. The highest BCUT2D eigenvalue weighted by Crippen LogP contribution is 2.65. The van der Waals surface area contributed by atoms with Crippen LogP contribution in [-0.2, 0) is 21.9 Å². The molecular formula is C52H43N5+2. The van der Waals surface area contributed by atoms with Gasteiger partial charge in [0.1, 0.15) is 22.2 Å². The van der Waals surface area contributed by atoms with Crippen LogP contribution in [0.25, 0.3) is 66.6 Å². The fourth-order valence-electron chi connectivity index (χ4n) is 12.0. The SMILES string of the molecule is CC(C)(C)c1cc2[n+]3c(c1)-n1c4ccccc4c4ccc5c(c41)C31c3c4c(cc6c7ccccc7n(c36)-c3cc(C(C)(C)C)cc-2[n+]31)C(C)(C)c1ccccc1N54. The summed E-state index contributed by atoms with van der Waals surface area (Å²) in [5.74, 6) is 2.47. The Morgan fingerprint density at radius 2 is 1.04 bits per heavy atom. The van der Waals surface area contributed by atoms with Crippen molar-refractivity contribution in [3.05, 3.63) is 149 Å². The van der Waals surface area contributed by atoms with E-state index in [1.165, 1.54) is 117 Å².